The molecule has 1 heterocycles. The van der Waals surface area contributed by atoms with Crippen molar-refractivity contribution >= 4 is 16.8 Å². The van der Waals surface area contributed by atoms with E-state index < -0.39 is 0 Å². The van der Waals surface area contributed by atoms with Crippen LogP contribution in [0.4, 0.5) is 10.1 Å². The van der Waals surface area contributed by atoms with E-state index in [9.17, 15) is 4.39 Å². The lowest BCUT2D eigenvalue weighted by Crippen LogP contribution is -1.84. The van der Waals surface area contributed by atoms with E-state index in [1.807, 2.05) is 0 Å². The SMILES string of the molecule is Cc1ccc(-c2nc3ccc(N)cc3o2)cc1F. The van der Waals surface area contributed by atoms with Gasteiger partial charge in [-0.15, -0.1) is 0 Å². The van der Waals surface area contributed by atoms with E-state index in [2.05, 4.69) is 4.98 Å². The monoisotopic (exact) mass is 242 g/mol. The quantitative estimate of drug-likeness (QED) is 0.664. The third-order valence-electron chi connectivity index (χ3n) is 2.83. The number of aromatic nitrogens is 1. The Morgan fingerprint density at radius 2 is 2.00 bits per heavy atom. The number of halogens is 1. The van der Waals surface area contributed by atoms with Crippen LogP contribution in [-0.2, 0) is 0 Å². The standard InChI is InChI=1S/C14H11FN2O/c1-8-2-3-9(6-11(8)15)14-17-12-5-4-10(16)7-13(12)18-14/h2-7H,16H2,1H3. The first-order valence-corrected chi connectivity index (χ1v) is 5.56. The van der Waals surface area contributed by atoms with Gasteiger partial charge in [0.25, 0.3) is 0 Å². The molecule has 4 heteroatoms. The highest BCUT2D eigenvalue weighted by Gasteiger charge is 2.09. The van der Waals surface area contributed by atoms with Crippen LogP contribution in [0, 0.1) is 12.7 Å². The van der Waals surface area contributed by atoms with Crippen molar-refractivity contribution in [3.63, 3.8) is 0 Å². The molecule has 0 unspecified atom stereocenters. The number of fused-ring (bicyclic) bond motifs is 1. The van der Waals surface area contributed by atoms with Gasteiger partial charge in [-0.2, -0.15) is 0 Å². The fourth-order valence-electron chi connectivity index (χ4n) is 1.79. The molecule has 0 spiro atoms. The summed E-state index contributed by atoms with van der Waals surface area (Å²) in [6, 6.07) is 10.1. The number of nitrogens with two attached hydrogens (primary N) is 1. The minimum absolute atomic E-state index is 0.269. The summed E-state index contributed by atoms with van der Waals surface area (Å²) < 4.78 is 19.1. The first-order chi connectivity index (χ1) is 8.63. The van der Waals surface area contributed by atoms with E-state index in [-0.39, 0.29) is 5.82 Å². The third kappa shape index (κ3) is 1.72. The maximum absolute atomic E-state index is 13.5. The van der Waals surface area contributed by atoms with Gasteiger partial charge in [0.05, 0.1) is 0 Å². The topological polar surface area (TPSA) is 52.0 Å². The van der Waals surface area contributed by atoms with Crippen LogP contribution >= 0.6 is 0 Å². The summed E-state index contributed by atoms with van der Waals surface area (Å²) in [6.07, 6.45) is 0. The molecule has 0 aliphatic heterocycles. The molecule has 0 aliphatic carbocycles. The predicted octanol–water partition coefficient (Wildman–Crippen LogP) is 3.52. The van der Waals surface area contributed by atoms with Gasteiger partial charge in [-0.3, -0.25) is 0 Å². The average molecular weight is 242 g/mol. The fourth-order valence-corrected chi connectivity index (χ4v) is 1.79. The summed E-state index contributed by atoms with van der Waals surface area (Å²) in [5.74, 6) is 0.128. The van der Waals surface area contributed by atoms with Crippen molar-refractivity contribution in [3.8, 4) is 11.5 Å². The summed E-state index contributed by atoms with van der Waals surface area (Å²) in [5, 5.41) is 0. The molecule has 0 saturated heterocycles. The van der Waals surface area contributed by atoms with Crippen LogP contribution in [0.3, 0.4) is 0 Å². The van der Waals surface area contributed by atoms with Crippen molar-refractivity contribution in [1.82, 2.24) is 4.98 Å². The Kier molecular flexibility index (Phi) is 2.30. The van der Waals surface area contributed by atoms with Crippen molar-refractivity contribution in [2.24, 2.45) is 0 Å². The molecule has 0 radical (unpaired) electrons. The smallest absolute Gasteiger partial charge is 0.227 e. The number of hydrogen-bond acceptors (Lipinski definition) is 3. The van der Waals surface area contributed by atoms with Gasteiger partial charge in [-0.05, 0) is 36.8 Å². The summed E-state index contributed by atoms with van der Waals surface area (Å²) in [5.41, 5.74) is 8.81. The lowest BCUT2D eigenvalue weighted by molar-refractivity contribution is 0.607. The van der Waals surface area contributed by atoms with Gasteiger partial charge in [0.1, 0.15) is 11.3 Å². The Morgan fingerprint density at radius 3 is 2.78 bits per heavy atom. The Bertz CT molecular complexity index is 734. The number of aryl methyl sites for hydroxylation is 1. The molecule has 0 bridgehead atoms. The molecule has 3 aromatic rings. The number of hydrogen-bond donors (Lipinski definition) is 1. The molecule has 0 fully saturated rings. The zero-order valence-electron chi connectivity index (χ0n) is 9.77. The number of oxazole rings is 1. The van der Waals surface area contributed by atoms with Gasteiger partial charge in [0.2, 0.25) is 5.89 Å². The molecule has 3 nitrogen and oxygen atoms in total. The lowest BCUT2D eigenvalue weighted by atomic mass is 10.1. The zero-order valence-corrected chi connectivity index (χ0v) is 9.77. The normalized spacial score (nSPS) is 11.0. The molecule has 0 amide bonds. The Morgan fingerprint density at radius 1 is 1.17 bits per heavy atom. The second-order valence-electron chi connectivity index (χ2n) is 4.21. The number of rotatable bonds is 1. The van der Waals surface area contributed by atoms with Gasteiger partial charge < -0.3 is 10.2 Å². The van der Waals surface area contributed by atoms with E-state index in [1.54, 1.807) is 37.3 Å². The lowest BCUT2D eigenvalue weighted by Gasteiger charge is -1.98. The van der Waals surface area contributed by atoms with Crippen LogP contribution in [-0.4, -0.2) is 4.98 Å². The molecule has 2 N–H and O–H groups in total. The van der Waals surface area contributed by atoms with Gasteiger partial charge in [0.15, 0.2) is 5.58 Å². The highest BCUT2D eigenvalue weighted by Crippen LogP contribution is 2.26. The Hall–Kier alpha value is -2.36. The van der Waals surface area contributed by atoms with Crippen molar-refractivity contribution in [2.45, 2.75) is 6.92 Å². The van der Waals surface area contributed by atoms with Crippen molar-refractivity contribution in [1.29, 1.82) is 0 Å². The summed E-state index contributed by atoms with van der Waals surface area (Å²) >= 11 is 0. The minimum Gasteiger partial charge on any atom is -0.436 e. The minimum atomic E-state index is -0.269. The highest BCUT2D eigenvalue weighted by molar-refractivity contribution is 5.79. The second kappa shape index (κ2) is 3.84. The molecular weight excluding hydrogens is 231 g/mol. The first kappa shape index (κ1) is 10.8. The van der Waals surface area contributed by atoms with Crippen molar-refractivity contribution in [2.75, 3.05) is 5.73 Å². The average Bonchev–Trinajstić information content (AvgIpc) is 2.75. The molecule has 0 aliphatic rings. The molecule has 1 aromatic heterocycles. The third-order valence-corrected chi connectivity index (χ3v) is 2.83. The van der Waals surface area contributed by atoms with Crippen LogP contribution in [0.1, 0.15) is 5.56 Å². The van der Waals surface area contributed by atoms with E-state index in [1.165, 1.54) is 6.07 Å². The van der Waals surface area contributed by atoms with Gasteiger partial charge in [-0.25, -0.2) is 9.37 Å². The Balaban J connectivity index is 2.16. The predicted molar refractivity (Wildman–Crippen MR) is 68.6 cm³/mol. The van der Waals surface area contributed by atoms with Crippen LogP contribution in [0.5, 0.6) is 0 Å². The van der Waals surface area contributed by atoms with Gasteiger partial charge >= 0.3 is 0 Å². The summed E-state index contributed by atoms with van der Waals surface area (Å²) in [7, 11) is 0. The van der Waals surface area contributed by atoms with E-state index in [0.29, 0.717) is 33.8 Å². The van der Waals surface area contributed by atoms with Crippen molar-refractivity contribution in [3.05, 3.63) is 47.8 Å². The van der Waals surface area contributed by atoms with Crippen LogP contribution in [0.2, 0.25) is 0 Å². The molecule has 0 atom stereocenters. The molecule has 90 valence electrons. The number of anilines is 1. The van der Waals surface area contributed by atoms with Gasteiger partial charge in [0, 0.05) is 17.3 Å². The molecule has 18 heavy (non-hydrogen) atoms. The number of benzene rings is 2. The van der Waals surface area contributed by atoms with Crippen LogP contribution in [0.15, 0.2) is 40.8 Å². The van der Waals surface area contributed by atoms with E-state index in [0.717, 1.165) is 0 Å². The first-order valence-electron chi connectivity index (χ1n) is 5.56. The fraction of sp³-hybridized carbons (Fsp3) is 0.0714. The summed E-state index contributed by atoms with van der Waals surface area (Å²) in [6.45, 7) is 1.71. The largest absolute Gasteiger partial charge is 0.436 e. The second-order valence-corrected chi connectivity index (χ2v) is 4.21. The van der Waals surface area contributed by atoms with E-state index in [4.69, 9.17) is 10.2 Å². The van der Waals surface area contributed by atoms with Gasteiger partial charge in [-0.1, -0.05) is 6.07 Å². The molecule has 2 aromatic carbocycles. The maximum Gasteiger partial charge on any atom is 0.227 e. The molecule has 3 rings (SSSR count). The van der Waals surface area contributed by atoms with Crippen molar-refractivity contribution < 1.29 is 8.81 Å². The van der Waals surface area contributed by atoms with E-state index >= 15 is 0 Å². The maximum atomic E-state index is 13.5. The number of nitrogen functional groups attached to an aromatic ring is 1. The van der Waals surface area contributed by atoms with Crippen LogP contribution in [0.25, 0.3) is 22.6 Å². The van der Waals surface area contributed by atoms with Crippen LogP contribution < -0.4 is 5.73 Å². The molecular formula is C14H11FN2O. The number of nitrogens with zero attached hydrogens (tertiary/aromatic N) is 1. The zero-order chi connectivity index (χ0) is 12.7. The highest BCUT2D eigenvalue weighted by atomic mass is 19.1. The summed E-state index contributed by atoms with van der Waals surface area (Å²) in [4.78, 5) is 4.31. The Labute approximate surface area is 103 Å². The molecule has 0 saturated carbocycles.